The van der Waals surface area contributed by atoms with Crippen molar-refractivity contribution in [2.45, 2.75) is 46.1 Å². The number of ether oxygens (including phenoxy) is 1. The van der Waals surface area contributed by atoms with Crippen LogP contribution < -0.4 is 4.74 Å². The first-order valence-corrected chi connectivity index (χ1v) is 8.69. The molecular formula is C21H24O3. The summed E-state index contributed by atoms with van der Waals surface area (Å²) in [5, 5.41) is 12.7. The van der Waals surface area contributed by atoms with Gasteiger partial charge < -0.3 is 9.84 Å². The van der Waals surface area contributed by atoms with E-state index in [-0.39, 0.29) is 16.8 Å². The Labute approximate surface area is 142 Å². The van der Waals surface area contributed by atoms with Gasteiger partial charge in [-0.05, 0) is 53.0 Å². The summed E-state index contributed by atoms with van der Waals surface area (Å²) in [5.74, 6) is 0.391. The summed E-state index contributed by atoms with van der Waals surface area (Å²) in [7, 11) is 0. The third-order valence-corrected chi connectivity index (χ3v) is 7.29. The van der Waals surface area contributed by atoms with Crippen molar-refractivity contribution in [3.63, 3.8) is 0 Å². The molecule has 0 saturated heterocycles. The summed E-state index contributed by atoms with van der Waals surface area (Å²) in [6.45, 7) is 6.32. The third-order valence-electron chi connectivity index (χ3n) is 7.29. The van der Waals surface area contributed by atoms with Crippen LogP contribution in [-0.2, 0) is 4.79 Å². The fourth-order valence-electron chi connectivity index (χ4n) is 5.02. The highest BCUT2D eigenvalue weighted by atomic mass is 16.5. The summed E-state index contributed by atoms with van der Waals surface area (Å²) in [5.41, 5.74) is -1.07. The summed E-state index contributed by atoms with van der Waals surface area (Å²) in [4.78, 5) is 13.1. The molecule has 2 aliphatic rings. The molecule has 0 aromatic heterocycles. The van der Waals surface area contributed by atoms with Gasteiger partial charge in [-0.3, -0.25) is 4.79 Å². The minimum Gasteiger partial charge on any atom is -0.426 e. The van der Waals surface area contributed by atoms with E-state index in [0.29, 0.717) is 12.2 Å². The lowest BCUT2D eigenvalue weighted by Crippen LogP contribution is -2.42. The molecule has 2 aromatic rings. The molecule has 3 atom stereocenters. The molecule has 2 saturated carbocycles. The first kappa shape index (κ1) is 15.6. The molecular weight excluding hydrogens is 300 g/mol. The monoisotopic (exact) mass is 324 g/mol. The van der Waals surface area contributed by atoms with E-state index in [0.717, 1.165) is 23.6 Å². The van der Waals surface area contributed by atoms with Crippen LogP contribution in [0, 0.1) is 16.2 Å². The molecule has 2 aliphatic carbocycles. The highest BCUT2D eigenvalue weighted by molar-refractivity contribution is 5.86. The molecule has 126 valence electrons. The molecule has 0 amide bonds. The second kappa shape index (κ2) is 4.82. The van der Waals surface area contributed by atoms with Gasteiger partial charge in [0.15, 0.2) is 0 Å². The molecule has 4 rings (SSSR count). The third kappa shape index (κ3) is 1.79. The first-order valence-electron chi connectivity index (χ1n) is 8.69. The van der Waals surface area contributed by atoms with Gasteiger partial charge in [-0.1, -0.05) is 51.1 Å². The quantitative estimate of drug-likeness (QED) is 0.661. The Hall–Kier alpha value is -1.87. The Balaban J connectivity index is 1.66. The fraction of sp³-hybridized carbons (Fsp3) is 0.476. The molecule has 3 nitrogen and oxygen atoms in total. The minimum absolute atomic E-state index is 0.192. The van der Waals surface area contributed by atoms with E-state index in [1.165, 1.54) is 0 Å². The zero-order valence-electron chi connectivity index (χ0n) is 14.5. The Morgan fingerprint density at radius 2 is 1.79 bits per heavy atom. The molecule has 0 heterocycles. The average molecular weight is 324 g/mol. The molecule has 24 heavy (non-hydrogen) atoms. The van der Waals surface area contributed by atoms with Crippen LogP contribution in [0.1, 0.15) is 40.0 Å². The molecule has 3 unspecified atom stereocenters. The lowest BCUT2D eigenvalue weighted by Gasteiger charge is -2.39. The number of rotatable bonds is 2. The molecule has 0 radical (unpaired) electrons. The lowest BCUT2D eigenvalue weighted by molar-refractivity contribution is -0.151. The van der Waals surface area contributed by atoms with Crippen molar-refractivity contribution in [3.8, 4) is 5.75 Å². The molecule has 2 bridgehead atoms. The van der Waals surface area contributed by atoms with E-state index in [1.807, 2.05) is 42.5 Å². The second-order valence-electron chi connectivity index (χ2n) is 8.24. The average Bonchev–Trinajstić information content (AvgIpc) is 2.85. The van der Waals surface area contributed by atoms with Gasteiger partial charge in [-0.15, -0.1) is 0 Å². The van der Waals surface area contributed by atoms with Gasteiger partial charge in [0.05, 0.1) is 11.5 Å². The van der Waals surface area contributed by atoms with Crippen molar-refractivity contribution in [3.05, 3.63) is 42.5 Å². The Bertz CT molecular complexity index is 825. The fourth-order valence-corrected chi connectivity index (χ4v) is 5.02. The SMILES string of the molecule is CC12CCC(C(=O)Oc3ccc4ccccc4c3)(CC1O)C2(C)C. The normalized spacial score (nSPS) is 33.8. The smallest absolute Gasteiger partial charge is 0.318 e. The number of esters is 1. The van der Waals surface area contributed by atoms with Crippen LogP contribution >= 0.6 is 0 Å². The van der Waals surface area contributed by atoms with Gasteiger partial charge in [0, 0.05) is 0 Å². The second-order valence-corrected chi connectivity index (χ2v) is 8.24. The zero-order chi connectivity index (χ0) is 17.2. The number of aliphatic hydroxyl groups is 1. The van der Waals surface area contributed by atoms with Gasteiger partial charge >= 0.3 is 5.97 Å². The molecule has 0 aliphatic heterocycles. The standard InChI is InChI=1S/C21H24O3/c1-19(2)20(3)10-11-21(19,13-17(20)22)18(23)24-16-9-8-14-6-4-5-7-15(14)12-16/h4-9,12,17,22H,10-11,13H2,1-3H3. The number of benzene rings is 2. The van der Waals surface area contributed by atoms with Crippen molar-refractivity contribution in [2.24, 2.45) is 16.2 Å². The number of fused-ring (bicyclic) bond motifs is 3. The van der Waals surface area contributed by atoms with Crippen LogP contribution in [0.25, 0.3) is 10.8 Å². The highest BCUT2D eigenvalue weighted by Crippen LogP contribution is 2.72. The van der Waals surface area contributed by atoms with Crippen LogP contribution in [0.3, 0.4) is 0 Å². The highest BCUT2D eigenvalue weighted by Gasteiger charge is 2.72. The summed E-state index contributed by atoms with van der Waals surface area (Å²) in [6.07, 6.45) is 1.72. The first-order chi connectivity index (χ1) is 11.3. The van der Waals surface area contributed by atoms with E-state index < -0.39 is 11.5 Å². The molecule has 2 aromatic carbocycles. The van der Waals surface area contributed by atoms with Crippen LogP contribution in [0.5, 0.6) is 5.75 Å². The van der Waals surface area contributed by atoms with Crippen molar-refractivity contribution in [2.75, 3.05) is 0 Å². The van der Waals surface area contributed by atoms with Gasteiger partial charge in [-0.25, -0.2) is 0 Å². The van der Waals surface area contributed by atoms with Gasteiger partial charge in [-0.2, -0.15) is 0 Å². The van der Waals surface area contributed by atoms with Crippen molar-refractivity contribution >= 4 is 16.7 Å². The van der Waals surface area contributed by atoms with Crippen molar-refractivity contribution in [1.82, 2.24) is 0 Å². The summed E-state index contributed by atoms with van der Waals surface area (Å²) < 4.78 is 5.81. The molecule has 0 spiro atoms. The zero-order valence-corrected chi connectivity index (χ0v) is 14.5. The number of carbonyl (C=O) groups is 1. The van der Waals surface area contributed by atoms with Crippen molar-refractivity contribution < 1.29 is 14.6 Å². The van der Waals surface area contributed by atoms with Gasteiger partial charge in [0.25, 0.3) is 0 Å². The van der Waals surface area contributed by atoms with Crippen LogP contribution in [-0.4, -0.2) is 17.2 Å². The van der Waals surface area contributed by atoms with Crippen LogP contribution in [0.4, 0.5) is 0 Å². The summed E-state index contributed by atoms with van der Waals surface area (Å²) in [6, 6.07) is 13.8. The number of hydrogen-bond acceptors (Lipinski definition) is 3. The van der Waals surface area contributed by atoms with E-state index in [9.17, 15) is 9.90 Å². The van der Waals surface area contributed by atoms with Crippen LogP contribution in [0.15, 0.2) is 42.5 Å². The van der Waals surface area contributed by atoms with E-state index in [2.05, 4.69) is 20.8 Å². The Kier molecular flexibility index (Phi) is 3.14. The molecule has 2 fully saturated rings. The largest absolute Gasteiger partial charge is 0.426 e. The maximum Gasteiger partial charge on any atom is 0.318 e. The topological polar surface area (TPSA) is 46.5 Å². The van der Waals surface area contributed by atoms with E-state index in [1.54, 1.807) is 0 Å². The van der Waals surface area contributed by atoms with Crippen molar-refractivity contribution in [1.29, 1.82) is 0 Å². The molecule has 3 heteroatoms. The van der Waals surface area contributed by atoms with E-state index in [4.69, 9.17) is 4.74 Å². The van der Waals surface area contributed by atoms with Crippen LogP contribution in [0.2, 0.25) is 0 Å². The predicted molar refractivity (Wildman–Crippen MR) is 93.8 cm³/mol. The molecule has 1 N–H and O–H groups in total. The number of aliphatic hydroxyl groups excluding tert-OH is 1. The van der Waals surface area contributed by atoms with E-state index >= 15 is 0 Å². The Morgan fingerprint density at radius 1 is 1.08 bits per heavy atom. The number of carbonyl (C=O) groups excluding carboxylic acids is 1. The minimum atomic E-state index is -0.590. The van der Waals surface area contributed by atoms with Gasteiger partial charge in [0.2, 0.25) is 0 Å². The maximum absolute atomic E-state index is 13.1. The number of hydrogen-bond donors (Lipinski definition) is 1. The van der Waals surface area contributed by atoms with Gasteiger partial charge in [0.1, 0.15) is 5.75 Å². The predicted octanol–water partition coefficient (Wildman–Crippen LogP) is 4.32. The Morgan fingerprint density at radius 3 is 2.42 bits per heavy atom. The summed E-state index contributed by atoms with van der Waals surface area (Å²) >= 11 is 0. The maximum atomic E-state index is 13.1. The lowest BCUT2D eigenvalue weighted by atomic mass is 9.65.